The van der Waals surface area contributed by atoms with Crippen LogP contribution in [0.5, 0.6) is 11.5 Å². The zero-order valence-electron chi connectivity index (χ0n) is 12.0. The Morgan fingerprint density at radius 1 is 1.00 bits per heavy atom. The van der Waals surface area contributed by atoms with E-state index in [9.17, 15) is 0 Å². The number of hydrogen-bond acceptors (Lipinski definition) is 3. The summed E-state index contributed by atoms with van der Waals surface area (Å²) in [7, 11) is 3.38. The second-order valence-electron chi connectivity index (χ2n) is 5.82. The fourth-order valence-electron chi connectivity index (χ4n) is 2.46. The van der Waals surface area contributed by atoms with Crippen LogP contribution in [0.1, 0.15) is 31.9 Å². The molecule has 1 aromatic rings. The molecule has 0 atom stereocenters. The zero-order chi connectivity index (χ0) is 13.3. The smallest absolute Gasteiger partial charge is 0.161 e. The Labute approximate surface area is 110 Å². The molecule has 3 nitrogen and oxygen atoms in total. The molecule has 0 saturated carbocycles. The lowest BCUT2D eigenvalue weighted by atomic mass is 9.94. The zero-order valence-corrected chi connectivity index (χ0v) is 12.0. The Kier molecular flexibility index (Phi) is 3.53. The first-order valence-corrected chi connectivity index (χ1v) is 6.44. The predicted molar refractivity (Wildman–Crippen MR) is 73.4 cm³/mol. The van der Waals surface area contributed by atoms with Crippen molar-refractivity contribution in [2.24, 2.45) is 0 Å². The van der Waals surface area contributed by atoms with E-state index in [1.165, 1.54) is 11.1 Å². The quantitative estimate of drug-likeness (QED) is 0.804. The summed E-state index contributed by atoms with van der Waals surface area (Å²) in [6.45, 7) is 8.88. The van der Waals surface area contributed by atoms with Crippen molar-refractivity contribution in [2.45, 2.75) is 39.3 Å². The normalized spacial score (nSPS) is 16.3. The molecule has 0 spiro atoms. The molecule has 0 amide bonds. The molecule has 0 aromatic heterocycles. The third-order valence-corrected chi connectivity index (χ3v) is 3.67. The molecule has 0 fully saturated rings. The molecular weight excluding hydrogens is 226 g/mol. The first-order chi connectivity index (χ1) is 8.45. The summed E-state index contributed by atoms with van der Waals surface area (Å²) >= 11 is 0. The van der Waals surface area contributed by atoms with Crippen LogP contribution in [0, 0.1) is 0 Å². The van der Waals surface area contributed by atoms with E-state index >= 15 is 0 Å². The van der Waals surface area contributed by atoms with Gasteiger partial charge in [-0.1, -0.05) is 0 Å². The van der Waals surface area contributed by atoms with Crippen molar-refractivity contribution >= 4 is 0 Å². The molecule has 1 aliphatic heterocycles. The van der Waals surface area contributed by atoms with Gasteiger partial charge in [-0.2, -0.15) is 0 Å². The van der Waals surface area contributed by atoms with Crippen LogP contribution in [0.15, 0.2) is 12.1 Å². The summed E-state index contributed by atoms with van der Waals surface area (Å²) in [5.74, 6) is 1.66. The van der Waals surface area contributed by atoms with E-state index < -0.39 is 0 Å². The molecule has 18 heavy (non-hydrogen) atoms. The van der Waals surface area contributed by atoms with Gasteiger partial charge in [-0.05, 0) is 50.5 Å². The van der Waals surface area contributed by atoms with Crippen LogP contribution in [-0.2, 0) is 13.0 Å². The highest BCUT2D eigenvalue weighted by atomic mass is 16.5. The number of benzene rings is 1. The number of fused-ring (bicyclic) bond motifs is 1. The molecule has 1 aliphatic rings. The highest BCUT2D eigenvalue weighted by Gasteiger charge is 2.26. The van der Waals surface area contributed by atoms with Gasteiger partial charge in [0.2, 0.25) is 0 Å². The molecule has 0 radical (unpaired) electrons. The Morgan fingerprint density at radius 2 is 1.56 bits per heavy atom. The third-order valence-electron chi connectivity index (χ3n) is 3.67. The van der Waals surface area contributed by atoms with Gasteiger partial charge < -0.3 is 9.47 Å². The van der Waals surface area contributed by atoms with Gasteiger partial charge in [0.15, 0.2) is 11.5 Å². The average Bonchev–Trinajstić information content (AvgIpc) is 2.35. The summed E-state index contributed by atoms with van der Waals surface area (Å²) in [6, 6.07) is 4.24. The molecule has 1 aromatic carbocycles. The van der Waals surface area contributed by atoms with E-state index in [0.29, 0.717) is 0 Å². The Balaban J connectivity index is 2.33. The molecule has 0 saturated heterocycles. The minimum Gasteiger partial charge on any atom is -0.493 e. The standard InChI is InChI=1S/C15H23NO2/c1-15(2,3)16-7-6-11-8-13(17-4)14(18-5)9-12(11)10-16/h8-9H,6-7,10H2,1-5H3. The summed E-state index contributed by atoms with van der Waals surface area (Å²) in [4.78, 5) is 2.50. The number of hydrogen-bond donors (Lipinski definition) is 0. The van der Waals surface area contributed by atoms with Crippen LogP contribution in [0.2, 0.25) is 0 Å². The molecular formula is C15H23NO2. The molecule has 100 valence electrons. The lowest BCUT2D eigenvalue weighted by molar-refractivity contribution is 0.120. The van der Waals surface area contributed by atoms with Crippen LogP contribution in [0.4, 0.5) is 0 Å². The van der Waals surface area contributed by atoms with Gasteiger partial charge in [-0.15, -0.1) is 0 Å². The van der Waals surface area contributed by atoms with Crippen molar-refractivity contribution in [1.29, 1.82) is 0 Å². The van der Waals surface area contributed by atoms with Crippen LogP contribution >= 0.6 is 0 Å². The van der Waals surface area contributed by atoms with Crippen molar-refractivity contribution in [1.82, 2.24) is 4.90 Å². The van der Waals surface area contributed by atoms with Crippen molar-refractivity contribution in [3.63, 3.8) is 0 Å². The van der Waals surface area contributed by atoms with Gasteiger partial charge in [-0.3, -0.25) is 4.90 Å². The van der Waals surface area contributed by atoms with E-state index in [1.54, 1.807) is 14.2 Å². The molecule has 0 unspecified atom stereocenters. The minimum atomic E-state index is 0.213. The highest BCUT2D eigenvalue weighted by molar-refractivity contribution is 5.48. The molecule has 0 aliphatic carbocycles. The van der Waals surface area contributed by atoms with Gasteiger partial charge >= 0.3 is 0 Å². The lowest BCUT2D eigenvalue weighted by Crippen LogP contribution is -2.44. The first kappa shape index (κ1) is 13.2. The molecule has 2 rings (SSSR count). The summed E-state index contributed by atoms with van der Waals surface area (Å²) < 4.78 is 10.7. The van der Waals surface area contributed by atoms with Crippen molar-refractivity contribution in [2.75, 3.05) is 20.8 Å². The molecule has 0 bridgehead atoms. The van der Waals surface area contributed by atoms with E-state index in [-0.39, 0.29) is 5.54 Å². The number of methoxy groups -OCH3 is 2. The summed E-state index contributed by atoms with van der Waals surface area (Å²) in [6.07, 6.45) is 1.08. The van der Waals surface area contributed by atoms with Crippen molar-refractivity contribution in [3.05, 3.63) is 23.3 Å². The maximum absolute atomic E-state index is 5.38. The van der Waals surface area contributed by atoms with Crippen LogP contribution in [-0.4, -0.2) is 31.2 Å². The van der Waals surface area contributed by atoms with E-state index in [4.69, 9.17) is 9.47 Å². The van der Waals surface area contributed by atoms with Gasteiger partial charge in [0.05, 0.1) is 14.2 Å². The van der Waals surface area contributed by atoms with Gasteiger partial charge in [0.1, 0.15) is 0 Å². The van der Waals surface area contributed by atoms with Crippen LogP contribution in [0.3, 0.4) is 0 Å². The van der Waals surface area contributed by atoms with Crippen LogP contribution in [0.25, 0.3) is 0 Å². The molecule has 0 N–H and O–H groups in total. The number of nitrogens with zero attached hydrogens (tertiary/aromatic N) is 1. The summed E-state index contributed by atoms with van der Waals surface area (Å²) in [5.41, 5.74) is 2.95. The Morgan fingerprint density at radius 3 is 2.06 bits per heavy atom. The van der Waals surface area contributed by atoms with E-state index in [1.807, 2.05) is 0 Å². The maximum Gasteiger partial charge on any atom is 0.161 e. The number of rotatable bonds is 2. The second-order valence-corrected chi connectivity index (χ2v) is 5.82. The summed E-state index contributed by atoms with van der Waals surface area (Å²) in [5, 5.41) is 0. The maximum atomic E-state index is 5.38. The Bertz CT molecular complexity index is 435. The highest BCUT2D eigenvalue weighted by Crippen LogP contribution is 2.34. The largest absolute Gasteiger partial charge is 0.493 e. The monoisotopic (exact) mass is 249 g/mol. The number of ether oxygens (including phenoxy) is 2. The third kappa shape index (κ3) is 2.46. The van der Waals surface area contributed by atoms with Gasteiger partial charge in [0, 0.05) is 18.6 Å². The fourth-order valence-corrected chi connectivity index (χ4v) is 2.46. The van der Waals surface area contributed by atoms with Crippen LogP contribution < -0.4 is 9.47 Å². The second kappa shape index (κ2) is 4.81. The SMILES string of the molecule is COc1cc2c(cc1OC)CN(C(C)(C)C)CC2. The minimum absolute atomic E-state index is 0.213. The van der Waals surface area contributed by atoms with Crippen molar-refractivity contribution < 1.29 is 9.47 Å². The lowest BCUT2D eigenvalue weighted by Gasteiger charge is -2.39. The van der Waals surface area contributed by atoms with Gasteiger partial charge in [0.25, 0.3) is 0 Å². The van der Waals surface area contributed by atoms with Crippen molar-refractivity contribution in [3.8, 4) is 11.5 Å². The molecule has 3 heteroatoms. The van der Waals surface area contributed by atoms with Gasteiger partial charge in [-0.25, -0.2) is 0 Å². The predicted octanol–water partition coefficient (Wildman–Crippen LogP) is 2.86. The van der Waals surface area contributed by atoms with E-state index in [2.05, 4.69) is 37.8 Å². The van der Waals surface area contributed by atoms with E-state index in [0.717, 1.165) is 31.0 Å². The Hall–Kier alpha value is -1.22. The first-order valence-electron chi connectivity index (χ1n) is 6.44. The molecule has 1 heterocycles. The fraction of sp³-hybridized carbons (Fsp3) is 0.600. The topological polar surface area (TPSA) is 21.7 Å². The average molecular weight is 249 g/mol.